The second-order valence-corrected chi connectivity index (χ2v) is 5.12. The Morgan fingerprint density at radius 2 is 1.63 bits per heavy atom. The molecule has 0 bridgehead atoms. The molecule has 0 unspecified atom stereocenters. The Morgan fingerprint density at radius 3 is 2.32 bits per heavy atom. The van der Waals surface area contributed by atoms with E-state index in [-0.39, 0.29) is 4.90 Å². The first kappa shape index (κ1) is 13.0. The largest absolute Gasteiger partial charge is 0.473 e. The van der Waals surface area contributed by atoms with Crippen molar-refractivity contribution in [3.8, 4) is 0 Å². The van der Waals surface area contributed by atoms with E-state index >= 15 is 0 Å². The van der Waals surface area contributed by atoms with Gasteiger partial charge in [-0.2, -0.15) is 8.42 Å². The number of carboxylic acids is 1. The highest BCUT2D eigenvalue weighted by Crippen LogP contribution is 2.24. The second-order valence-electron chi connectivity index (χ2n) is 3.61. The Hall–Kier alpha value is -2.41. The molecule has 0 saturated heterocycles. The summed E-state index contributed by atoms with van der Waals surface area (Å²) in [5.41, 5.74) is 0. The minimum atomic E-state index is -4.46. The number of carbonyl (C=O) groups is 2. The molecule has 0 amide bonds. The SMILES string of the molecule is O=C(O)C(=O)OS(=O)(=O)c1cccc2ccccc12. The van der Waals surface area contributed by atoms with E-state index in [4.69, 9.17) is 5.11 Å². The smallest absolute Gasteiger partial charge is 0.432 e. The van der Waals surface area contributed by atoms with Gasteiger partial charge in [0, 0.05) is 5.39 Å². The first-order valence-electron chi connectivity index (χ1n) is 5.11. The van der Waals surface area contributed by atoms with Gasteiger partial charge >= 0.3 is 22.1 Å². The molecule has 0 aliphatic carbocycles. The van der Waals surface area contributed by atoms with E-state index in [2.05, 4.69) is 4.18 Å². The fourth-order valence-electron chi connectivity index (χ4n) is 1.59. The lowest BCUT2D eigenvalue weighted by Crippen LogP contribution is -2.21. The number of fused-ring (bicyclic) bond motifs is 1. The third-order valence-electron chi connectivity index (χ3n) is 2.38. The number of benzene rings is 2. The molecule has 2 rings (SSSR count). The van der Waals surface area contributed by atoms with Gasteiger partial charge in [0.15, 0.2) is 0 Å². The first-order chi connectivity index (χ1) is 8.92. The van der Waals surface area contributed by atoms with Crippen LogP contribution < -0.4 is 0 Å². The lowest BCUT2D eigenvalue weighted by atomic mass is 10.1. The van der Waals surface area contributed by atoms with Crippen LogP contribution in [0.5, 0.6) is 0 Å². The summed E-state index contributed by atoms with van der Waals surface area (Å²) in [6.45, 7) is 0. The molecule has 0 aromatic heterocycles. The number of carboxylic acid groups (broad SMARTS) is 1. The van der Waals surface area contributed by atoms with E-state index in [1.165, 1.54) is 18.2 Å². The zero-order chi connectivity index (χ0) is 14.0. The van der Waals surface area contributed by atoms with Crippen LogP contribution in [0.2, 0.25) is 0 Å². The summed E-state index contributed by atoms with van der Waals surface area (Å²) < 4.78 is 27.7. The van der Waals surface area contributed by atoms with Crippen molar-refractivity contribution in [3.63, 3.8) is 0 Å². The van der Waals surface area contributed by atoms with Crippen LogP contribution in [0.15, 0.2) is 47.4 Å². The average molecular weight is 280 g/mol. The van der Waals surface area contributed by atoms with E-state index in [9.17, 15) is 18.0 Å². The maximum absolute atomic E-state index is 11.9. The van der Waals surface area contributed by atoms with Crippen molar-refractivity contribution in [1.82, 2.24) is 0 Å². The average Bonchev–Trinajstić information content (AvgIpc) is 2.37. The molecule has 0 aliphatic heterocycles. The minimum Gasteiger partial charge on any atom is -0.473 e. The number of hydrogen-bond donors (Lipinski definition) is 1. The van der Waals surface area contributed by atoms with Gasteiger partial charge in [0.05, 0.1) is 0 Å². The lowest BCUT2D eigenvalue weighted by molar-refractivity contribution is -0.157. The summed E-state index contributed by atoms with van der Waals surface area (Å²) in [6, 6.07) is 11.0. The van der Waals surface area contributed by atoms with Crippen molar-refractivity contribution in [2.45, 2.75) is 4.90 Å². The molecule has 2 aromatic carbocycles. The molecule has 0 atom stereocenters. The molecule has 1 N–H and O–H groups in total. The predicted octanol–water partition coefficient (Wildman–Crippen LogP) is 1.16. The van der Waals surface area contributed by atoms with Crippen LogP contribution >= 0.6 is 0 Å². The molecule has 0 heterocycles. The molecule has 98 valence electrons. The normalized spacial score (nSPS) is 11.2. The van der Waals surface area contributed by atoms with Crippen molar-refractivity contribution in [1.29, 1.82) is 0 Å². The van der Waals surface area contributed by atoms with Crippen molar-refractivity contribution < 1.29 is 27.3 Å². The Kier molecular flexibility index (Phi) is 3.22. The van der Waals surface area contributed by atoms with E-state index in [1.54, 1.807) is 24.3 Å². The number of rotatable bonds is 2. The predicted molar refractivity (Wildman–Crippen MR) is 64.9 cm³/mol. The van der Waals surface area contributed by atoms with E-state index in [0.29, 0.717) is 10.8 Å². The fourth-order valence-corrected chi connectivity index (χ4v) is 2.65. The van der Waals surface area contributed by atoms with E-state index in [0.717, 1.165) is 0 Å². The zero-order valence-electron chi connectivity index (χ0n) is 9.44. The van der Waals surface area contributed by atoms with Gasteiger partial charge in [-0.05, 0) is 11.5 Å². The quantitative estimate of drug-likeness (QED) is 0.654. The fraction of sp³-hybridized carbons (Fsp3) is 0. The van der Waals surface area contributed by atoms with Gasteiger partial charge in [0.2, 0.25) is 0 Å². The molecular formula is C12H8O6S. The highest BCUT2D eigenvalue weighted by atomic mass is 32.2. The lowest BCUT2D eigenvalue weighted by Gasteiger charge is -2.06. The monoisotopic (exact) mass is 280 g/mol. The molecule has 6 nitrogen and oxygen atoms in total. The van der Waals surface area contributed by atoms with Gasteiger partial charge in [0.25, 0.3) is 0 Å². The van der Waals surface area contributed by atoms with Gasteiger partial charge in [0.1, 0.15) is 4.90 Å². The standard InChI is InChI=1S/C12H8O6S/c13-11(14)12(15)18-19(16,17)10-7-3-5-8-4-1-2-6-9(8)10/h1-7H,(H,13,14). The third kappa shape index (κ3) is 2.55. The summed E-state index contributed by atoms with van der Waals surface area (Å²) >= 11 is 0. The minimum absolute atomic E-state index is 0.250. The van der Waals surface area contributed by atoms with E-state index in [1.807, 2.05) is 0 Å². The van der Waals surface area contributed by atoms with Crippen LogP contribution in [0.3, 0.4) is 0 Å². The van der Waals surface area contributed by atoms with Crippen LogP contribution in [-0.4, -0.2) is 25.5 Å². The summed E-state index contributed by atoms with van der Waals surface area (Å²) in [6.07, 6.45) is 0. The molecular weight excluding hydrogens is 272 g/mol. The van der Waals surface area contributed by atoms with Gasteiger partial charge in [-0.25, -0.2) is 9.59 Å². The Balaban J connectivity index is 2.55. The van der Waals surface area contributed by atoms with Crippen LogP contribution in [-0.2, 0) is 23.9 Å². The summed E-state index contributed by atoms with van der Waals surface area (Å²) in [7, 11) is -4.46. The molecule has 0 radical (unpaired) electrons. The van der Waals surface area contributed by atoms with Crippen molar-refractivity contribution in [3.05, 3.63) is 42.5 Å². The Bertz CT molecular complexity index is 757. The maximum atomic E-state index is 11.9. The number of aliphatic carboxylic acids is 1. The zero-order valence-corrected chi connectivity index (χ0v) is 10.3. The van der Waals surface area contributed by atoms with Gasteiger partial charge in [-0.15, -0.1) is 0 Å². The molecule has 0 aliphatic rings. The van der Waals surface area contributed by atoms with Crippen molar-refractivity contribution >= 4 is 32.8 Å². The van der Waals surface area contributed by atoms with Crippen LogP contribution in [0, 0.1) is 0 Å². The van der Waals surface area contributed by atoms with Crippen LogP contribution in [0.1, 0.15) is 0 Å². The topological polar surface area (TPSA) is 97.7 Å². The van der Waals surface area contributed by atoms with Crippen molar-refractivity contribution in [2.24, 2.45) is 0 Å². The highest BCUT2D eigenvalue weighted by Gasteiger charge is 2.26. The molecule has 0 saturated carbocycles. The van der Waals surface area contributed by atoms with Crippen molar-refractivity contribution in [2.75, 3.05) is 0 Å². The maximum Gasteiger partial charge on any atom is 0.432 e. The Morgan fingerprint density at radius 1 is 1.00 bits per heavy atom. The highest BCUT2D eigenvalue weighted by molar-refractivity contribution is 7.87. The molecule has 19 heavy (non-hydrogen) atoms. The summed E-state index contributed by atoms with van der Waals surface area (Å²) in [4.78, 5) is 21.0. The number of hydrogen-bond acceptors (Lipinski definition) is 5. The molecule has 0 fully saturated rings. The van der Waals surface area contributed by atoms with Gasteiger partial charge in [-0.1, -0.05) is 36.4 Å². The van der Waals surface area contributed by atoms with E-state index < -0.39 is 22.1 Å². The Labute approximate surface area is 108 Å². The third-order valence-corrected chi connectivity index (χ3v) is 3.64. The first-order valence-corrected chi connectivity index (χ1v) is 6.52. The summed E-state index contributed by atoms with van der Waals surface area (Å²) in [5, 5.41) is 9.35. The van der Waals surface area contributed by atoms with Gasteiger partial charge < -0.3 is 9.29 Å². The molecule has 2 aromatic rings. The molecule has 7 heteroatoms. The second kappa shape index (κ2) is 4.69. The van der Waals surface area contributed by atoms with Crippen LogP contribution in [0.4, 0.5) is 0 Å². The summed E-state index contributed by atoms with van der Waals surface area (Å²) in [5.74, 6) is -3.81. The number of carbonyl (C=O) groups excluding carboxylic acids is 1. The van der Waals surface area contributed by atoms with Crippen LogP contribution in [0.25, 0.3) is 10.8 Å². The molecule has 0 spiro atoms. The van der Waals surface area contributed by atoms with Gasteiger partial charge in [-0.3, -0.25) is 0 Å².